The fourth-order valence-electron chi connectivity index (χ4n) is 0. The first-order chi connectivity index (χ1) is 1.00. The third-order valence-electron chi connectivity index (χ3n) is 0. The zero-order valence-electron chi connectivity index (χ0n) is 2.73. The molecule has 0 rings (SSSR count). The van der Waals surface area contributed by atoms with E-state index < -0.39 is 0 Å². The van der Waals surface area contributed by atoms with Gasteiger partial charge in [-0.15, -0.1) is 0 Å². The van der Waals surface area contributed by atoms with Gasteiger partial charge in [-0.25, -0.2) is 0 Å². The molecule has 0 aromatic carbocycles. The molecule has 0 aromatic rings. The van der Waals surface area contributed by atoms with Crippen LogP contribution in [-0.4, -0.2) is 8.41 Å². The number of hydrogen-bond donors (Lipinski definition) is 0. The van der Waals surface area contributed by atoms with Crippen molar-refractivity contribution in [3.63, 3.8) is 0 Å². The van der Waals surface area contributed by atoms with Crippen LogP contribution in [0.3, 0.4) is 0 Å². The second kappa shape index (κ2) is 60.7. The van der Waals surface area contributed by atoms with E-state index in [-0.39, 0.29) is 27.0 Å². The minimum atomic E-state index is 0. The first-order valence-corrected chi connectivity index (χ1v) is 0.707. The summed E-state index contributed by atoms with van der Waals surface area (Å²) in [6.07, 6.45) is 0. The van der Waals surface area contributed by atoms with E-state index in [9.17, 15) is 0 Å². The molecule has 2 heteroatoms. The smallest absolute Gasteiger partial charge is 0 e. The van der Waals surface area contributed by atoms with E-state index in [4.69, 9.17) is 0 Å². The van der Waals surface area contributed by atoms with Crippen molar-refractivity contribution in [1.29, 1.82) is 0 Å². The van der Waals surface area contributed by atoms with E-state index in [1.165, 1.54) is 0 Å². The predicted molar refractivity (Wildman–Crippen MR) is 16.8 cm³/mol. The Morgan fingerprint density at radius 3 is 1.25 bits per heavy atom. The zero-order chi connectivity index (χ0) is 2.00. The van der Waals surface area contributed by atoms with Gasteiger partial charge in [0.25, 0.3) is 0 Å². The molecule has 0 amide bonds. The summed E-state index contributed by atoms with van der Waals surface area (Å²) in [6.45, 7) is 5.00. The van der Waals surface area contributed by atoms with Crippen LogP contribution >= 0.6 is 0 Å². The summed E-state index contributed by atoms with van der Waals surface area (Å²) >= 11 is 0. The van der Waals surface area contributed by atoms with Gasteiger partial charge in [-0.3, -0.25) is 0 Å². The van der Waals surface area contributed by atoms with Gasteiger partial charge in [0.2, 0.25) is 0 Å². The van der Waals surface area contributed by atoms with Gasteiger partial charge in [0, 0.05) is 27.0 Å². The second-order valence-corrected chi connectivity index (χ2v) is 0. The van der Waals surface area contributed by atoms with E-state index >= 15 is 0 Å². The second-order valence-electron chi connectivity index (χ2n) is 0. The molecule has 0 aliphatic rings. The largest absolute Gasteiger partial charge is 0.346 e. The summed E-state index contributed by atoms with van der Waals surface area (Å²) in [7, 11) is 0. The molecule has 0 atom stereocenters. The molecule has 0 saturated heterocycles. The van der Waals surface area contributed by atoms with Crippen LogP contribution in [0.25, 0.3) is 0 Å². The quantitative estimate of drug-likeness (QED) is 0.300. The van der Waals surface area contributed by atoms with E-state index in [1.54, 1.807) is 6.92 Å². The zero-order valence-corrected chi connectivity index (χ0v) is 4.13. The Morgan fingerprint density at radius 1 is 1.25 bits per heavy atom. The fraction of sp³-hybridized carbons (Fsp3) is 0.500. The SMILES string of the molecule is [B].[CH2-]C.[V]. The Kier molecular flexibility index (Phi) is 346. The molecule has 0 bridgehead atoms. The Bertz CT molecular complexity index is 6.00. The molecule has 0 aliphatic heterocycles. The van der Waals surface area contributed by atoms with E-state index in [0.29, 0.717) is 0 Å². The summed E-state index contributed by atoms with van der Waals surface area (Å²) < 4.78 is 0. The minimum absolute atomic E-state index is 0. The summed E-state index contributed by atoms with van der Waals surface area (Å²) in [6, 6.07) is 0. The van der Waals surface area contributed by atoms with Crippen LogP contribution < -0.4 is 0 Å². The van der Waals surface area contributed by atoms with Gasteiger partial charge < -0.3 is 6.92 Å². The Morgan fingerprint density at radius 2 is 1.25 bits per heavy atom. The first-order valence-electron chi connectivity index (χ1n) is 0.707. The van der Waals surface area contributed by atoms with E-state index in [1.807, 2.05) is 0 Å². The van der Waals surface area contributed by atoms with Crippen LogP contribution in [0.2, 0.25) is 0 Å². The van der Waals surface area contributed by atoms with Gasteiger partial charge >= 0.3 is 0 Å². The molecule has 0 unspecified atom stereocenters. The van der Waals surface area contributed by atoms with Crippen LogP contribution in [-0.2, 0) is 18.6 Å². The van der Waals surface area contributed by atoms with Crippen LogP contribution in [0.5, 0.6) is 0 Å². The molecule has 0 aromatic heterocycles. The molecular weight excluding hydrogens is 85.8 g/mol. The van der Waals surface area contributed by atoms with Crippen molar-refractivity contribution in [1.82, 2.24) is 0 Å². The van der Waals surface area contributed by atoms with Gasteiger partial charge in [-0.2, -0.15) is 6.92 Å². The normalized spacial score (nSPS) is 1.50. The maximum atomic E-state index is 3.25. The first kappa shape index (κ1) is 22.8. The average molecular weight is 90.8 g/mol. The minimum Gasteiger partial charge on any atom is -0.346 e. The van der Waals surface area contributed by atoms with Crippen LogP contribution in [0.15, 0.2) is 0 Å². The van der Waals surface area contributed by atoms with Crippen molar-refractivity contribution in [2.45, 2.75) is 6.92 Å². The molecule has 0 fully saturated rings. The summed E-state index contributed by atoms with van der Waals surface area (Å²) in [5.41, 5.74) is 0. The van der Waals surface area contributed by atoms with Gasteiger partial charge in [0.1, 0.15) is 0 Å². The molecule has 0 spiro atoms. The number of hydrogen-bond acceptors (Lipinski definition) is 0. The number of rotatable bonds is 0. The fourth-order valence-corrected chi connectivity index (χ4v) is 0. The van der Waals surface area contributed by atoms with Crippen molar-refractivity contribution < 1.29 is 18.6 Å². The Balaban J connectivity index is -0.00000000500. The van der Waals surface area contributed by atoms with Crippen molar-refractivity contribution >= 4 is 8.41 Å². The summed E-state index contributed by atoms with van der Waals surface area (Å²) in [5, 5.41) is 0. The summed E-state index contributed by atoms with van der Waals surface area (Å²) in [5.74, 6) is 0. The molecular formula is C2H5BV-. The third kappa shape index (κ3) is 17.1. The standard InChI is InChI=1S/C2H5.B.V/c1-2;;/h1H2,2H3;;/q-1;;. The van der Waals surface area contributed by atoms with Crippen molar-refractivity contribution in [2.75, 3.05) is 0 Å². The Hall–Kier alpha value is 0.649. The molecule has 0 saturated carbocycles. The molecule has 4 heavy (non-hydrogen) atoms. The van der Waals surface area contributed by atoms with Gasteiger partial charge in [0.15, 0.2) is 0 Å². The van der Waals surface area contributed by atoms with Gasteiger partial charge in [-0.1, -0.05) is 0 Å². The van der Waals surface area contributed by atoms with Gasteiger partial charge in [0.05, 0.1) is 0 Å². The molecule has 4 radical (unpaired) electrons. The van der Waals surface area contributed by atoms with Crippen LogP contribution in [0.4, 0.5) is 0 Å². The Labute approximate surface area is 41.4 Å². The molecule has 0 N–H and O–H groups in total. The predicted octanol–water partition coefficient (Wildman–Crippen LogP) is 0.457. The molecule has 0 heterocycles. The topological polar surface area (TPSA) is 0 Å². The maximum absolute atomic E-state index is 3.25. The monoisotopic (exact) mass is 91.0 g/mol. The third-order valence-corrected chi connectivity index (χ3v) is 0. The summed E-state index contributed by atoms with van der Waals surface area (Å²) in [4.78, 5) is 0. The van der Waals surface area contributed by atoms with E-state index in [0.717, 1.165) is 0 Å². The molecule has 0 aliphatic carbocycles. The van der Waals surface area contributed by atoms with Crippen molar-refractivity contribution in [3.8, 4) is 0 Å². The maximum Gasteiger partial charge on any atom is 0 e. The van der Waals surface area contributed by atoms with Gasteiger partial charge in [-0.05, 0) is 0 Å². The van der Waals surface area contributed by atoms with Crippen LogP contribution in [0.1, 0.15) is 6.92 Å². The van der Waals surface area contributed by atoms with Crippen LogP contribution in [0, 0.1) is 6.92 Å². The molecule has 0 nitrogen and oxygen atoms in total. The van der Waals surface area contributed by atoms with Crippen molar-refractivity contribution in [3.05, 3.63) is 6.92 Å². The van der Waals surface area contributed by atoms with Crippen molar-refractivity contribution in [2.24, 2.45) is 0 Å². The van der Waals surface area contributed by atoms with E-state index in [2.05, 4.69) is 6.92 Å². The molecule has 22 valence electrons. The average Bonchev–Trinajstić information content (AvgIpc) is 1.00.